The number of carbonyl (C=O) groups excluding carboxylic acids is 1. The normalized spacial score (nSPS) is 10.5. The third-order valence-electron chi connectivity index (χ3n) is 8.23. The first-order valence-electron chi connectivity index (χ1n) is 17.4. The van der Waals surface area contributed by atoms with Crippen LogP contribution in [0.2, 0.25) is 0 Å². The molecule has 0 aliphatic rings. The minimum atomic E-state index is -1.29. The molecule has 0 spiro atoms. The van der Waals surface area contributed by atoms with Gasteiger partial charge in [0.15, 0.2) is 0 Å². The monoisotopic (exact) mass is 650 g/mol. The fourth-order valence-electron chi connectivity index (χ4n) is 5.40. The second-order valence-corrected chi connectivity index (χ2v) is 12.1. The van der Waals surface area contributed by atoms with Gasteiger partial charge in [0.1, 0.15) is 5.75 Å². The molecular weight excluding hydrogens is 592 g/mol. The van der Waals surface area contributed by atoms with Gasteiger partial charge in [-0.2, -0.15) is 0 Å². The number of hydrogen-bond donors (Lipinski definition) is 2. The second kappa shape index (κ2) is 28.5. The van der Waals surface area contributed by atoms with Gasteiger partial charge in [0, 0.05) is 0 Å². The summed E-state index contributed by atoms with van der Waals surface area (Å²) in [4.78, 5) is 21.5. The summed E-state index contributed by atoms with van der Waals surface area (Å²) in [5.41, 5.74) is 1.68. The van der Waals surface area contributed by atoms with E-state index in [1.807, 2.05) is 0 Å². The maximum absolute atomic E-state index is 11.7. The Morgan fingerprint density at radius 2 is 0.956 bits per heavy atom. The molecule has 7 heteroatoms. The minimum absolute atomic E-state index is 0. The van der Waals surface area contributed by atoms with Gasteiger partial charge in [-0.25, -0.2) is 4.79 Å². The summed E-state index contributed by atoms with van der Waals surface area (Å²) >= 11 is 0. The predicted octanol–water partition coefficient (Wildman–Crippen LogP) is 8.76. The third kappa shape index (κ3) is 21.6. The van der Waals surface area contributed by atoms with E-state index >= 15 is 0 Å². The average Bonchev–Trinajstić information content (AvgIpc) is 3.00. The average molecular weight is 651 g/mol. The molecule has 0 atom stereocenters. The van der Waals surface area contributed by atoms with Crippen LogP contribution in [0, 0.1) is 0 Å². The first-order chi connectivity index (χ1) is 21.3. The smallest absolute Gasteiger partial charge is 0.872 e. The van der Waals surface area contributed by atoms with E-state index in [4.69, 9.17) is 5.11 Å². The number of carboxylic acids is 2. The summed E-state index contributed by atoms with van der Waals surface area (Å²) in [5.74, 6) is -2.36. The summed E-state index contributed by atoms with van der Waals surface area (Å²) in [6.45, 7) is 4.48. The number of rotatable bonds is 24. The molecule has 2 aromatic rings. The largest absolute Gasteiger partial charge is 2.00 e. The van der Waals surface area contributed by atoms with Crippen molar-refractivity contribution in [3.05, 3.63) is 58.7 Å². The van der Waals surface area contributed by atoms with Gasteiger partial charge in [0.05, 0.1) is 11.5 Å². The van der Waals surface area contributed by atoms with Gasteiger partial charge in [-0.15, -0.1) is 5.75 Å². The number of hydrogen-bond acceptors (Lipinski definition) is 5. The molecule has 0 saturated heterocycles. The van der Waals surface area contributed by atoms with Crippen molar-refractivity contribution in [3.8, 4) is 11.5 Å². The van der Waals surface area contributed by atoms with E-state index in [1.54, 1.807) is 18.2 Å². The zero-order valence-electron chi connectivity index (χ0n) is 28.3. The van der Waals surface area contributed by atoms with Crippen LogP contribution in [0.15, 0.2) is 36.4 Å². The Hall–Kier alpha value is -1.76. The quantitative estimate of drug-likeness (QED) is 0.0866. The number of phenols is 1. The van der Waals surface area contributed by atoms with Gasteiger partial charge in [-0.05, 0) is 48.9 Å². The Labute approximate surface area is 303 Å². The Morgan fingerprint density at radius 1 is 0.578 bits per heavy atom. The minimum Gasteiger partial charge on any atom is -0.872 e. The topological polar surface area (TPSA) is 121 Å². The van der Waals surface area contributed by atoms with Crippen molar-refractivity contribution in [2.75, 3.05) is 0 Å². The van der Waals surface area contributed by atoms with Gasteiger partial charge in [0.2, 0.25) is 0 Å². The molecule has 0 aromatic heterocycles. The molecule has 0 bridgehead atoms. The van der Waals surface area contributed by atoms with Crippen LogP contribution < -0.4 is 10.2 Å². The van der Waals surface area contributed by atoms with Crippen LogP contribution in [0.3, 0.4) is 0 Å². The number of benzene rings is 2. The van der Waals surface area contributed by atoms with Gasteiger partial charge in [-0.3, -0.25) is 0 Å². The zero-order valence-corrected chi connectivity index (χ0v) is 30.5. The van der Waals surface area contributed by atoms with E-state index in [-0.39, 0.29) is 60.4 Å². The molecule has 2 aromatic carbocycles. The molecule has 2 rings (SSSR count). The number of carbonyl (C=O) groups is 2. The summed E-state index contributed by atoms with van der Waals surface area (Å²) in [6.07, 6.45) is 27.1. The van der Waals surface area contributed by atoms with Crippen LogP contribution in [0.25, 0.3) is 0 Å². The van der Waals surface area contributed by atoms with Gasteiger partial charge >= 0.3 is 43.7 Å². The fourth-order valence-corrected chi connectivity index (χ4v) is 5.40. The van der Waals surface area contributed by atoms with Crippen molar-refractivity contribution in [1.82, 2.24) is 0 Å². The van der Waals surface area contributed by atoms with E-state index < -0.39 is 11.9 Å². The van der Waals surface area contributed by atoms with Crippen molar-refractivity contribution in [2.24, 2.45) is 0 Å². The molecule has 0 radical (unpaired) electrons. The van der Waals surface area contributed by atoms with Crippen molar-refractivity contribution >= 4 is 49.7 Å². The van der Waals surface area contributed by atoms with Gasteiger partial charge in [0.25, 0.3) is 0 Å². The van der Waals surface area contributed by atoms with Crippen LogP contribution in [0.4, 0.5) is 0 Å². The molecule has 6 nitrogen and oxygen atoms in total. The van der Waals surface area contributed by atoms with E-state index in [0.717, 1.165) is 37.7 Å². The molecular formula is C38H58CaO6. The molecule has 0 aliphatic heterocycles. The third-order valence-corrected chi connectivity index (χ3v) is 8.23. The summed E-state index contributed by atoms with van der Waals surface area (Å²) in [5, 5.41) is 41.1. The van der Waals surface area contributed by atoms with Crippen LogP contribution in [0.1, 0.15) is 174 Å². The Bertz CT molecular complexity index is 971. The Morgan fingerprint density at radius 3 is 1.33 bits per heavy atom. The molecule has 0 saturated carbocycles. The summed E-state index contributed by atoms with van der Waals surface area (Å²) in [6, 6.07) is 8.89. The van der Waals surface area contributed by atoms with E-state index in [2.05, 4.69) is 13.8 Å². The molecule has 0 heterocycles. The Kier molecular flexibility index (Phi) is 27.3. The van der Waals surface area contributed by atoms with E-state index in [9.17, 15) is 24.9 Å². The maximum Gasteiger partial charge on any atom is 2.00 e. The van der Waals surface area contributed by atoms with Crippen LogP contribution in [-0.4, -0.2) is 59.9 Å². The SMILES string of the molecule is CCCCCCCCCCCCc1ccc(C(=O)O)cc1O.CCCCCCCCCCCCc1ccc(C(=O)[O-])cc1[O-].[Ca+2]. The molecule has 248 valence electrons. The molecule has 0 amide bonds. The second-order valence-electron chi connectivity index (χ2n) is 12.1. The Balaban J connectivity index is 0.000000842. The van der Waals surface area contributed by atoms with E-state index in [1.165, 1.54) is 127 Å². The van der Waals surface area contributed by atoms with Crippen LogP contribution in [0.5, 0.6) is 11.5 Å². The summed E-state index contributed by atoms with van der Waals surface area (Å²) < 4.78 is 0. The molecule has 0 fully saturated rings. The molecule has 0 aliphatic carbocycles. The standard InChI is InChI=1S/2C19H30O3.Ca/c2*1-2-3-4-5-6-7-8-9-10-11-12-16-13-14-17(19(21)22)15-18(16)20;/h2*13-15,20H,2-12H2,1H3,(H,21,22);/q;;+2/p-2. The predicted molar refractivity (Wildman–Crippen MR) is 182 cm³/mol. The molecule has 2 N–H and O–H groups in total. The van der Waals surface area contributed by atoms with Crippen LogP contribution in [-0.2, 0) is 12.8 Å². The number of unbranched alkanes of at least 4 members (excludes halogenated alkanes) is 18. The van der Waals surface area contributed by atoms with E-state index in [0.29, 0.717) is 5.56 Å². The molecule has 45 heavy (non-hydrogen) atoms. The summed E-state index contributed by atoms with van der Waals surface area (Å²) in [7, 11) is 0. The van der Waals surface area contributed by atoms with Crippen molar-refractivity contribution in [1.29, 1.82) is 0 Å². The number of aromatic carboxylic acids is 2. The fraction of sp³-hybridized carbons (Fsp3) is 0.632. The van der Waals surface area contributed by atoms with Crippen molar-refractivity contribution < 1.29 is 30.0 Å². The van der Waals surface area contributed by atoms with Crippen LogP contribution >= 0.6 is 0 Å². The first kappa shape index (κ1) is 43.2. The number of phenolic OH excluding ortho intramolecular Hbond substituents is 1. The maximum atomic E-state index is 11.7. The first-order valence-corrected chi connectivity index (χ1v) is 17.4. The number of aromatic hydroxyl groups is 1. The molecule has 0 unspecified atom stereocenters. The van der Waals surface area contributed by atoms with Crippen molar-refractivity contribution in [3.63, 3.8) is 0 Å². The number of carboxylic acid groups (broad SMARTS) is 2. The van der Waals surface area contributed by atoms with Gasteiger partial charge in [-0.1, -0.05) is 159 Å². The van der Waals surface area contributed by atoms with Crippen molar-refractivity contribution in [2.45, 2.75) is 155 Å². The zero-order chi connectivity index (χ0) is 32.4. The number of aryl methyl sites for hydroxylation is 2. The van der Waals surface area contributed by atoms with Gasteiger partial charge < -0.3 is 25.2 Å².